The molecule has 3 rings (SSSR count). The van der Waals surface area contributed by atoms with Crippen LogP contribution in [0.2, 0.25) is 0 Å². The molecule has 0 saturated carbocycles. The molecule has 0 amide bonds. The molecule has 0 aromatic heterocycles. The minimum absolute atomic E-state index is 0.0608. The van der Waals surface area contributed by atoms with Crippen molar-refractivity contribution in [3.05, 3.63) is 76.9 Å². The van der Waals surface area contributed by atoms with Gasteiger partial charge in [0.25, 0.3) is 0 Å². The van der Waals surface area contributed by atoms with Gasteiger partial charge in [-0.05, 0) is 46.9 Å². The van der Waals surface area contributed by atoms with Crippen molar-refractivity contribution in [2.24, 2.45) is 0 Å². The van der Waals surface area contributed by atoms with Crippen LogP contribution in [-0.2, 0) is 13.2 Å². The molecule has 2 nitrogen and oxygen atoms in total. The first kappa shape index (κ1) is 14.6. The van der Waals surface area contributed by atoms with Gasteiger partial charge in [-0.15, -0.1) is 0 Å². The number of ether oxygens (including phenoxy) is 1. The van der Waals surface area contributed by atoms with Crippen LogP contribution in [0.5, 0.6) is 5.75 Å². The molecule has 3 aromatic rings. The molecule has 0 aliphatic heterocycles. The molecule has 22 heavy (non-hydrogen) atoms. The Bertz CT molecular complexity index is 777. The van der Waals surface area contributed by atoms with E-state index in [0.717, 1.165) is 22.4 Å². The highest BCUT2D eigenvalue weighted by Crippen LogP contribution is 2.27. The van der Waals surface area contributed by atoms with E-state index >= 15 is 0 Å². The van der Waals surface area contributed by atoms with E-state index in [1.807, 2.05) is 26.0 Å². The Hall–Kier alpha value is -2.32. The Morgan fingerprint density at radius 1 is 0.909 bits per heavy atom. The highest BCUT2D eigenvalue weighted by atomic mass is 16.5. The summed E-state index contributed by atoms with van der Waals surface area (Å²) in [5.74, 6) is 0.908. The molecular formula is C20H20O2. The van der Waals surface area contributed by atoms with Crippen molar-refractivity contribution in [2.45, 2.75) is 27.1 Å². The fraction of sp³-hybridized carbons (Fsp3) is 0.200. The van der Waals surface area contributed by atoms with Gasteiger partial charge in [-0.25, -0.2) is 0 Å². The second-order valence-corrected chi connectivity index (χ2v) is 5.64. The Morgan fingerprint density at radius 3 is 2.32 bits per heavy atom. The normalized spacial score (nSPS) is 10.9. The molecule has 0 atom stereocenters. The predicted molar refractivity (Wildman–Crippen MR) is 90.1 cm³/mol. The van der Waals surface area contributed by atoms with Crippen LogP contribution >= 0.6 is 0 Å². The minimum Gasteiger partial charge on any atom is -0.488 e. The van der Waals surface area contributed by atoms with E-state index in [0.29, 0.717) is 6.61 Å². The Balaban J connectivity index is 1.89. The quantitative estimate of drug-likeness (QED) is 0.765. The van der Waals surface area contributed by atoms with Gasteiger partial charge in [-0.2, -0.15) is 0 Å². The summed E-state index contributed by atoms with van der Waals surface area (Å²) >= 11 is 0. The molecule has 0 saturated heterocycles. The van der Waals surface area contributed by atoms with E-state index in [1.54, 1.807) is 0 Å². The van der Waals surface area contributed by atoms with Gasteiger partial charge in [0.15, 0.2) is 0 Å². The topological polar surface area (TPSA) is 29.5 Å². The highest BCUT2D eigenvalue weighted by Gasteiger charge is 2.08. The van der Waals surface area contributed by atoms with Gasteiger partial charge >= 0.3 is 0 Å². The summed E-state index contributed by atoms with van der Waals surface area (Å²) in [6, 6.07) is 18.6. The maximum Gasteiger partial charge on any atom is 0.125 e. The average Bonchev–Trinajstić information content (AvgIpc) is 2.54. The van der Waals surface area contributed by atoms with Crippen LogP contribution in [0, 0.1) is 13.8 Å². The largest absolute Gasteiger partial charge is 0.488 e. The van der Waals surface area contributed by atoms with Gasteiger partial charge in [0, 0.05) is 0 Å². The van der Waals surface area contributed by atoms with E-state index in [1.165, 1.54) is 16.3 Å². The second kappa shape index (κ2) is 6.20. The fourth-order valence-electron chi connectivity index (χ4n) is 2.93. The lowest BCUT2D eigenvalue weighted by Crippen LogP contribution is -2.01. The van der Waals surface area contributed by atoms with Gasteiger partial charge in [-0.3, -0.25) is 0 Å². The number of aryl methyl sites for hydroxylation is 2. The second-order valence-electron chi connectivity index (χ2n) is 5.64. The zero-order chi connectivity index (χ0) is 15.5. The number of benzene rings is 3. The number of hydrogen-bond acceptors (Lipinski definition) is 2. The van der Waals surface area contributed by atoms with E-state index < -0.39 is 0 Å². The first-order valence-corrected chi connectivity index (χ1v) is 7.49. The third-order valence-corrected chi connectivity index (χ3v) is 3.95. The SMILES string of the molecule is Cc1cc(CO)cc(C)c1OCc1cccc2ccccc12. The molecule has 0 spiro atoms. The Kier molecular flexibility index (Phi) is 4.12. The van der Waals surface area contributed by atoms with Gasteiger partial charge < -0.3 is 9.84 Å². The molecule has 0 unspecified atom stereocenters. The highest BCUT2D eigenvalue weighted by molar-refractivity contribution is 5.85. The molecule has 112 valence electrons. The van der Waals surface area contributed by atoms with Crippen LogP contribution < -0.4 is 4.74 Å². The predicted octanol–water partition coefficient (Wildman–Crippen LogP) is 4.53. The molecule has 3 aromatic carbocycles. The maximum atomic E-state index is 9.26. The number of fused-ring (bicyclic) bond motifs is 1. The summed E-state index contributed by atoms with van der Waals surface area (Å²) in [6.07, 6.45) is 0. The van der Waals surface area contributed by atoms with Gasteiger partial charge in [-0.1, -0.05) is 54.6 Å². The zero-order valence-corrected chi connectivity index (χ0v) is 13.0. The molecule has 1 N–H and O–H groups in total. The van der Waals surface area contributed by atoms with E-state index in [-0.39, 0.29) is 6.61 Å². The van der Waals surface area contributed by atoms with Crippen LogP contribution in [0.1, 0.15) is 22.3 Å². The van der Waals surface area contributed by atoms with Crippen LogP contribution in [0.15, 0.2) is 54.6 Å². The standard InChI is InChI=1S/C20H20O2/c1-14-10-16(12-21)11-15(2)20(14)22-13-18-8-5-7-17-6-3-4-9-19(17)18/h3-11,21H,12-13H2,1-2H3. The van der Waals surface area contributed by atoms with Gasteiger partial charge in [0.05, 0.1) is 6.61 Å². The summed E-state index contributed by atoms with van der Waals surface area (Å²) in [4.78, 5) is 0. The van der Waals surface area contributed by atoms with Crippen molar-refractivity contribution in [2.75, 3.05) is 0 Å². The average molecular weight is 292 g/mol. The van der Waals surface area contributed by atoms with Crippen molar-refractivity contribution in [1.29, 1.82) is 0 Å². The molecule has 0 radical (unpaired) electrons. The fourth-order valence-corrected chi connectivity index (χ4v) is 2.93. The van der Waals surface area contributed by atoms with Crippen LogP contribution in [0.25, 0.3) is 10.8 Å². The summed E-state index contributed by atoms with van der Waals surface area (Å²) in [5, 5.41) is 11.7. The summed E-state index contributed by atoms with van der Waals surface area (Å²) in [5.41, 5.74) is 4.23. The summed E-state index contributed by atoms with van der Waals surface area (Å²) in [6.45, 7) is 4.64. The monoisotopic (exact) mass is 292 g/mol. The summed E-state index contributed by atoms with van der Waals surface area (Å²) < 4.78 is 6.08. The lowest BCUT2D eigenvalue weighted by atomic mass is 10.0. The van der Waals surface area contributed by atoms with Crippen molar-refractivity contribution in [3.8, 4) is 5.75 Å². The van der Waals surface area contributed by atoms with Crippen molar-refractivity contribution < 1.29 is 9.84 Å². The van der Waals surface area contributed by atoms with E-state index in [2.05, 4.69) is 42.5 Å². The minimum atomic E-state index is 0.0608. The zero-order valence-electron chi connectivity index (χ0n) is 13.0. The first-order valence-electron chi connectivity index (χ1n) is 7.49. The lowest BCUT2D eigenvalue weighted by molar-refractivity contribution is 0.280. The van der Waals surface area contributed by atoms with E-state index in [4.69, 9.17) is 4.74 Å². The van der Waals surface area contributed by atoms with Crippen LogP contribution in [0.4, 0.5) is 0 Å². The van der Waals surface area contributed by atoms with Gasteiger partial charge in [0.1, 0.15) is 12.4 Å². The third-order valence-electron chi connectivity index (χ3n) is 3.95. The molecule has 0 bridgehead atoms. The Morgan fingerprint density at radius 2 is 1.59 bits per heavy atom. The van der Waals surface area contributed by atoms with Gasteiger partial charge in [0.2, 0.25) is 0 Å². The Labute approximate surface area is 131 Å². The molecule has 2 heteroatoms. The van der Waals surface area contributed by atoms with E-state index in [9.17, 15) is 5.11 Å². The summed E-state index contributed by atoms with van der Waals surface area (Å²) in [7, 11) is 0. The maximum absolute atomic E-state index is 9.26. The molecular weight excluding hydrogens is 272 g/mol. The number of rotatable bonds is 4. The molecule has 0 fully saturated rings. The lowest BCUT2D eigenvalue weighted by Gasteiger charge is -2.14. The number of aliphatic hydroxyl groups is 1. The molecule has 0 aliphatic rings. The molecule has 0 aliphatic carbocycles. The van der Waals surface area contributed by atoms with Crippen LogP contribution in [-0.4, -0.2) is 5.11 Å². The number of aliphatic hydroxyl groups excluding tert-OH is 1. The third kappa shape index (κ3) is 2.83. The number of hydrogen-bond donors (Lipinski definition) is 1. The smallest absolute Gasteiger partial charge is 0.125 e. The first-order chi connectivity index (χ1) is 10.7. The van der Waals surface area contributed by atoms with Crippen molar-refractivity contribution in [1.82, 2.24) is 0 Å². The van der Waals surface area contributed by atoms with Crippen molar-refractivity contribution in [3.63, 3.8) is 0 Å². The van der Waals surface area contributed by atoms with Crippen LogP contribution in [0.3, 0.4) is 0 Å². The van der Waals surface area contributed by atoms with Crippen molar-refractivity contribution >= 4 is 10.8 Å². The molecule has 0 heterocycles.